The molecule has 1 saturated heterocycles. The molecular weight excluding hydrogens is 246 g/mol. The fourth-order valence-corrected chi connectivity index (χ4v) is 3.77. The van der Waals surface area contributed by atoms with Crippen molar-refractivity contribution in [2.45, 2.75) is 69.6 Å². The Hall–Kier alpha value is -0.860. The van der Waals surface area contributed by atoms with Crippen LogP contribution in [-0.4, -0.2) is 18.2 Å². The Balaban J connectivity index is 1.48. The van der Waals surface area contributed by atoms with Gasteiger partial charge < -0.3 is 10.1 Å². The van der Waals surface area contributed by atoms with Gasteiger partial charge in [0.15, 0.2) is 0 Å². The van der Waals surface area contributed by atoms with Crippen molar-refractivity contribution in [1.29, 1.82) is 0 Å². The lowest BCUT2D eigenvalue weighted by molar-refractivity contribution is -0.0628. The lowest BCUT2D eigenvalue weighted by atomic mass is 9.83. The van der Waals surface area contributed by atoms with Crippen molar-refractivity contribution in [3.63, 3.8) is 0 Å². The minimum atomic E-state index is 0.251. The van der Waals surface area contributed by atoms with Gasteiger partial charge in [-0.15, -0.1) is 0 Å². The lowest BCUT2D eigenvalue weighted by Gasteiger charge is -2.33. The first-order chi connectivity index (χ1) is 9.77. The van der Waals surface area contributed by atoms with Crippen LogP contribution in [0.4, 0.5) is 0 Å². The second-order valence-corrected chi connectivity index (χ2v) is 6.56. The highest BCUT2D eigenvalue weighted by molar-refractivity contribution is 5.18. The predicted molar refractivity (Wildman–Crippen MR) is 82.8 cm³/mol. The molecule has 1 N–H and O–H groups in total. The van der Waals surface area contributed by atoms with Crippen molar-refractivity contribution in [2.24, 2.45) is 0 Å². The number of benzene rings is 1. The van der Waals surface area contributed by atoms with E-state index in [4.69, 9.17) is 4.74 Å². The minimum Gasteiger partial charge on any atom is -0.370 e. The fraction of sp³-hybridized carbons (Fsp3) is 0.667. The molecule has 2 nitrogen and oxygen atoms in total. The maximum atomic E-state index is 6.41. The van der Waals surface area contributed by atoms with Crippen molar-refractivity contribution in [3.05, 3.63) is 35.9 Å². The van der Waals surface area contributed by atoms with E-state index in [0.717, 1.165) is 6.54 Å². The highest BCUT2D eigenvalue weighted by atomic mass is 16.5. The molecule has 2 fully saturated rings. The second kappa shape index (κ2) is 6.28. The van der Waals surface area contributed by atoms with Crippen molar-refractivity contribution in [1.82, 2.24) is 5.32 Å². The van der Waals surface area contributed by atoms with Gasteiger partial charge in [-0.05, 0) is 38.2 Å². The Labute approximate surface area is 122 Å². The van der Waals surface area contributed by atoms with Crippen LogP contribution in [0.25, 0.3) is 0 Å². The monoisotopic (exact) mass is 273 g/mol. The van der Waals surface area contributed by atoms with Crippen LogP contribution in [0.5, 0.6) is 0 Å². The highest BCUT2D eigenvalue weighted by Crippen LogP contribution is 2.41. The van der Waals surface area contributed by atoms with Gasteiger partial charge in [0.05, 0.1) is 11.7 Å². The normalized spacial score (nSPS) is 26.8. The standard InChI is InChI=1S/C18H27NO/c1-15(16-8-4-2-5-9-16)19-14-17-10-13-18(20-17)11-6-3-7-12-18/h2,4-5,8-9,15,17,19H,3,6-7,10-14H2,1H3. The van der Waals surface area contributed by atoms with Crippen LogP contribution >= 0.6 is 0 Å². The Morgan fingerprint density at radius 1 is 1.15 bits per heavy atom. The predicted octanol–water partition coefficient (Wildman–Crippen LogP) is 4.22. The van der Waals surface area contributed by atoms with Crippen LogP contribution in [0.15, 0.2) is 30.3 Å². The van der Waals surface area contributed by atoms with Gasteiger partial charge >= 0.3 is 0 Å². The van der Waals surface area contributed by atoms with E-state index in [1.807, 2.05) is 0 Å². The molecule has 1 aliphatic heterocycles. The van der Waals surface area contributed by atoms with Crippen molar-refractivity contribution in [3.8, 4) is 0 Å². The Morgan fingerprint density at radius 2 is 1.90 bits per heavy atom. The summed E-state index contributed by atoms with van der Waals surface area (Å²) in [5.41, 5.74) is 1.61. The summed E-state index contributed by atoms with van der Waals surface area (Å²) in [7, 11) is 0. The summed E-state index contributed by atoms with van der Waals surface area (Å²) in [4.78, 5) is 0. The Bertz CT molecular complexity index is 411. The van der Waals surface area contributed by atoms with Crippen molar-refractivity contribution < 1.29 is 4.74 Å². The van der Waals surface area contributed by atoms with Crippen LogP contribution in [0.1, 0.15) is 63.5 Å². The summed E-state index contributed by atoms with van der Waals surface area (Å²) in [5.74, 6) is 0. The summed E-state index contributed by atoms with van der Waals surface area (Å²) in [6.45, 7) is 3.22. The van der Waals surface area contributed by atoms with E-state index < -0.39 is 0 Å². The molecule has 2 aliphatic rings. The number of rotatable bonds is 4. The average molecular weight is 273 g/mol. The van der Waals surface area contributed by atoms with Gasteiger partial charge in [-0.3, -0.25) is 0 Å². The molecule has 0 bridgehead atoms. The van der Waals surface area contributed by atoms with Gasteiger partial charge in [-0.25, -0.2) is 0 Å². The summed E-state index contributed by atoms with van der Waals surface area (Å²) in [5, 5.41) is 3.64. The molecular formula is C18H27NO. The van der Waals surface area contributed by atoms with E-state index in [1.54, 1.807) is 0 Å². The number of hydrogen-bond donors (Lipinski definition) is 1. The quantitative estimate of drug-likeness (QED) is 0.887. The first-order valence-corrected chi connectivity index (χ1v) is 8.24. The van der Waals surface area contributed by atoms with Crippen molar-refractivity contribution in [2.75, 3.05) is 6.54 Å². The average Bonchev–Trinajstić information content (AvgIpc) is 2.89. The maximum Gasteiger partial charge on any atom is 0.0708 e. The first-order valence-electron chi connectivity index (χ1n) is 8.24. The minimum absolute atomic E-state index is 0.251. The fourth-order valence-electron chi connectivity index (χ4n) is 3.77. The van der Waals surface area contributed by atoms with Gasteiger partial charge in [0.1, 0.15) is 0 Å². The van der Waals surface area contributed by atoms with Gasteiger partial charge in [-0.2, -0.15) is 0 Å². The molecule has 0 radical (unpaired) electrons. The largest absolute Gasteiger partial charge is 0.370 e. The second-order valence-electron chi connectivity index (χ2n) is 6.56. The molecule has 20 heavy (non-hydrogen) atoms. The van der Waals surface area contributed by atoms with E-state index in [2.05, 4.69) is 42.6 Å². The number of hydrogen-bond acceptors (Lipinski definition) is 2. The number of ether oxygens (including phenoxy) is 1. The van der Waals surface area contributed by atoms with Crippen LogP contribution < -0.4 is 5.32 Å². The number of nitrogens with one attached hydrogen (secondary N) is 1. The zero-order valence-electron chi connectivity index (χ0n) is 12.6. The first kappa shape index (κ1) is 14.1. The van der Waals surface area contributed by atoms with E-state index >= 15 is 0 Å². The summed E-state index contributed by atoms with van der Waals surface area (Å²) in [6.07, 6.45) is 9.63. The molecule has 1 aliphatic carbocycles. The Morgan fingerprint density at radius 3 is 2.65 bits per heavy atom. The van der Waals surface area contributed by atoms with Crippen molar-refractivity contribution >= 4 is 0 Å². The van der Waals surface area contributed by atoms with Crippen LogP contribution in [0.2, 0.25) is 0 Å². The molecule has 2 heteroatoms. The van der Waals surface area contributed by atoms with Gasteiger partial charge in [0.25, 0.3) is 0 Å². The third-order valence-electron chi connectivity index (χ3n) is 5.05. The zero-order valence-corrected chi connectivity index (χ0v) is 12.6. The van der Waals surface area contributed by atoms with E-state index in [-0.39, 0.29) is 5.60 Å². The molecule has 2 unspecified atom stereocenters. The highest BCUT2D eigenvalue weighted by Gasteiger charge is 2.40. The molecule has 2 atom stereocenters. The third kappa shape index (κ3) is 3.24. The zero-order chi connectivity index (χ0) is 13.8. The molecule has 1 heterocycles. The SMILES string of the molecule is CC(NCC1CCC2(CCCCC2)O1)c1ccccc1. The summed E-state index contributed by atoms with van der Waals surface area (Å²) < 4.78 is 6.41. The van der Waals surface area contributed by atoms with Gasteiger partial charge in [0, 0.05) is 12.6 Å². The van der Waals surface area contributed by atoms with Crippen LogP contribution in [0.3, 0.4) is 0 Å². The van der Waals surface area contributed by atoms with E-state index in [0.29, 0.717) is 12.1 Å². The Kier molecular flexibility index (Phi) is 4.42. The lowest BCUT2D eigenvalue weighted by Crippen LogP contribution is -2.35. The molecule has 1 aromatic rings. The third-order valence-corrected chi connectivity index (χ3v) is 5.05. The van der Waals surface area contributed by atoms with E-state index in [9.17, 15) is 0 Å². The maximum absolute atomic E-state index is 6.41. The van der Waals surface area contributed by atoms with Crippen LogP contribution in [0, 0.1) is 0 Å². The molecule has 3 rings (SSSR count). The topological polar surface area (TPSA) is 21.3 Å². The van der Waals surface area contributed by atoms with Crippen LogP contribution in [-0.2, 0) is 4.74 Å². The molecule has 0 amide bonds. The molecule has 1 saturated carbocycles. The molecule has 110 valence electrons. The molecule has 0 aromatic heterocycles. The molecule has 1 spiro atoms. The van der Waals surface area contributed by atoms with E-state index in [1.165, 1.54) is 50.5 Å². The van der Waals surface area contributed by atoms with Gasteiger partial charge in [-0.1, -0.05) is 49.6 Å². The van der Waals surface area contributed by atoms with Gasteiger partial charge in [0.2, 0.25) is 0 Å². The summed E-state index contributed by atoms with van der Waals surface area (Å²) >= 11 is 0. The summed E-state index contributed by atoms with van der Waals surface area (Å²) in [6, 6.07) is 11.1. The molecule has 1 aromatic carbocycles. The smallest absolute Gasteiger partial charge is 0.0708 e.